The molecular weight excluding hydrogens is 594 g/mol. The van der Waals surface area contributed by atoms with E-state index >= 15 is 0 Å². The zero-order valence-electron chi connectivity index (χ0n) is 23.4. The Hall–Kier alpha value is -4.18. The van der Waals surface area contributed by atoms with Crippen LogP contribution < -0.4 is 4.90 Å². The number of hydrogen-bond donors (Lipinski definition) is 0. The van der Waals surface area contributed by atoms with Crippen molar-refractivity contribution in [1.82, 2.24) is 0 Å². The molecule has 1 heterocycles. The Morgan fingerprint density at radius 1 is 0.571 bits per heavy atom. The number of halogens is 1. The Labute approximate surface area is 258 Å². The van der Waals surface area contributed by atoms with Crippen molar-refractivity contribution >= 4 is 64.5 Å². The predicted octanol–water partition coefficient (Wildman–Crippen LogP) is 12.3. The quantitative estimate of drug-likeness (QED) is 0.189. The van der Waals surface area contributed by atoms with Crippen LogP contribution in [0.3, 0.4) is 0 Å². The van der Waals surface area contributed by atoms with Gasteiger partial charge in [0.05, 0.1) is 5.69 Å². The fraction of sp³-hybridized carbons (Fsp3) is 0.0769. The maximum absolute atomic E-state index is 3.90. The van der Waals surface area contributed by atoms with Gasteiger partial charge in [-0.2, -0.15) is 0 Å². The summed E-state index contributed by atoms with van der Waals surface area (Å²) in [6.45, 7) is 4.72. The van der Waals surface area contributed by atoms with Gasteiger partial charge in [0.15, 0.2) is 0 Å². The second kappa shape index (κ2) is 9.69. The van der Waals surface area contributed by atoms with E-state index in [1.54, 1.807) is 0 Å². The van der Waals surface area contributed by atoms with Crippen LogP contribution >= 0.6 is 27.3 Å². The molecular formula is C39H28BrNS. The van der Waals surface area contributed by atoms with E-state index in [0.717, 1.165) is 15.8 Å². The first kappa shape index (κ1) is 25.5. The highest BCUT2D eigenvalue weighted by Gasteiger charge is 2.39. The van der Waals surface area contributed by atoms with Gasteiger partial charge in [0.2, 0.25) is 0 Å². The first-order valence-corrected chi connectivity index (χ1v) is 15.9. The molecule has 0 N–H and O–H groups in total. The molecule has 6 aromatic carbocycles. The molecule has 1 aromatic heterocycles. The van der Waals surface area contributed by atoms with Gasteiger partial charge in [0.25, 0.3) is 0 Å². The van der Waals surface area contributed by atoms with Crippen molar-refractivity contribution < 1.29 is 0 Å². The largest absolute Gasteiger partial charge is 0.310 e. The molecule has 1 aliphatic carbocycles. The molecule has 1 nitrogen and oxygen atoms in total. The highest BCUT2D eigenvalue weighted by Crippen LogP contribution is 2.55. The first-order chi connectivity index (χ1) is 20.5. The lowest BCUT2D eigenvalue weighted by Gasteiger charge is -2.32. The summed E-state index contributed by atoms with van der Waals surface area (Å²) < 4.78 is 3.71. The average molecular weight is 623 g/mol. The van der Waals surface area contributed by atoms with Gasteiger partial charge in [0, 0.05) is 41.4 Å². The third-order valence-electron chi connectivity index (χ3n) is 8.69. The maximum atomic E-state index is 3.90. The summed E-state index contributed by atoms with van der Waals surface area (Å²) in [5, 5.41) is 2.61. The number of thiophene rings is 1. The second-order valence-corrected chi connectivity index (χ2v) is 13.5. The standard InChI is InChI=1S/C39H28BrNS/c1-39(2)34-14-8-6-12-30(34)33-22-27(40)23-35(38(33)39)41(28-18-16-26(17-19-28)25-10-4-3-5-11-25)29-20-21-37-32(24-29)31-13-7-9-15-36(31)42-37/h3-24H,1-2H3. The van der Waals surface area contributed by atoms with Crippen LogP contribution in [-0.4, -0.2) is 0 Å². The zero-order valence-corrected chi connectivity index (χ0v) is 25.8. The number of rotatable bonds is 4. The molecule has 7 aromatic rings. The van der Waals surface area contributed by atoms with Gasteiger partial charge in [-0.15, -0.1) is 11.3 Å². The molecule has 1 aliphatic rings. The van der Waals surface area contributed by atoms with Crippen LogP contribution in [0.4, 0.5) is 17.1 Å². The fourth-order valence-corrected chi connectivity index (χ4v) is 8.28. The van der Waals surface area contributed by atoms with E-state index in [9.17, 15) is 0 Å². The van der Waals surface area contributed by atoms with Gasteiger partial charge in [-0.3, -0.25) is 0 Å². The van der Waals surface area contributed by atoms with Gasteiger partial charge in [0.1, 0.15) is 0 Å². The van der Waals surface area contributed by atoms with E-state index < -0.39 is 0 Å². The van der Waals surface area contributed by atoms with Gasteiger partial charge in [-0.1, -0.05) is 115 Å². The second-order valence-electron chi connectivity index (χ2n) is 11.5. The molecule has 0 spiro atoms. The molecule has 8 rings (SSSR count). The number of hydrogen-bond acceptors (Lipinski definition) is 2. The Morgan fingerprint density at radius 2 is 1.24 bits per heavy atom. The molecule has 0 fully saturated rings. The predicted molar refractivity (Wildman–Crippen MR) is 185 cm³/mol. The molecule has 0 amide bonds. The Morgan fingerprint density at radius 3 is 2.07 bits per heavy atom. The summed E-state index contributed by atoms with van der Waals surface area (Å²) in [5.74, 6) is 0. The van der Waals surface area contributed by atoms with Crippen LogP contribution in [0.2, 0.25) is 0 Å². The minimum atomic E-state index is -0.149. The van der Waals surface area contributed by atoms with Gasteiger partial charge >= 0.3 is 0 Å². The van der Waals surface area contributed by atoms with Crippen LogP contribution in [-0.2, 0) is 5.41 Å². The van der Waals surface area contributed by atoms with Crippen LogP contribution in [0.5, 0.6) is 0 Å². The molecule has 202 valence electrons. The minimum Gasteiger partial charge on any atom is -0.310 e. The van der Waals surface area contributed by atoms with Crippen molar-refractivity contribution in [2.45, 2.75) is 19.3 Å². The van der Waals surface area contributed by atoms with Crippen LogP contribution in [0.15, 0.2) is 138 Å². The SMILES string of the molecule is CC1(C)c2ccccc2-c2cc(Br)cc(N(c3ccc(-c4ccccc4)cc3)c3ccc4sc5ccccc5c4c3)c21. The lowest BCUT2D eigenvalue weighted by atomic mass is 9.81. The van der Waals surface area contributed by atoms with E-state index in [1.165, 1.54) is 59.2 Å². The lowest BCUT2D eigenvalue weighted by Crippen LogP contribution is -2.20. The summed E-state index contributed by atoms with van der Waals surface area (Å²) >= 11 is 5.76. The van der Waals surface area contributed by atoms with Gasteiger partial charge in [-0.05, 0) is 81.9 Å². The van der Waals surface area contributed by atoms with E-state index in [4.69, 9.17) is 0 Å². The van der Waals surface area contributed by atoms with E-state index in [2.05, 4.69) is 168 Å². The number of fused-ring (bicyclic) bond motifs is 6. The third-order valence-corrected chi connectivity index (χ3v) is 10.3. The number of nitrogens with zero attached hydrogens (tertiary/aromatic N) is 1. The Balaban J connectivity index is 1.38. The van der Waals surface area contributed by atoms with Crippen molar-refractivity contribution in [3.63, 3.8) is 0 Å². The average Bonchev–Trinajstić information content (AvgIpc) is 3.50. The van der Waals surface area contributed by atoms with E-state index in [-0.39, 0.29) is 5.41 Å². The summed E-state index contributed by atoms with van der Waals surface area (Å²) in [6.07, 6.45) is 0. The minimum absolute atomic E-state index is 0.149. The summed E-state index contributed by atoms with van der Waals surface area (Å²) in [6, 6.07) is 48.8. The number of benzene rings is 6. The van der Waals surface area contributed by atoms with Crippen molar-refractivity contribution in [3.05, 3.63) is 149 Å². The lowest BCUT2D eigenvalue weighted by molar-refractivity contribution is 0.660. The summed E-state index contributed by atoms with van der Waals surface area (Å²) in [4.78, 5) is 2.46. The van der Waals surface area contributed by atoms with Crippen molar-refractivity contribution in [3.8, 4) is 22.3 Å². The molecule has 0 saturated carbocycles. The summed E-state index contributed by atoms with van der Waals surface area (Å²) in [5.41, 5.74) is 11.1. The maximum Gasteiger partial charge on any atom is 0.0519 e. The normalized spacial score (nSPS) is 13.3. The van der Waals surface area contributed by atoms with Crippen molar-refractivity contribution in [1.29, 1.82) is 0 Å². The highest BCUT2D eigenvalue weighted by molar-refractivity contribution is 9.10. The molecule has 0 aliphatic heterocycles. The Bertz CT molecular complexity index is 2120. The molecule has 0 radical (unpaired) electrons. The third kappa shape index (κ3) is 3.95. The molecule has 0 unspecified atom stereocenters. The molecule has 0 atom stereocenters. The monoisotopic (exact) mass is 621 g/mol. The molecule has 0 bridgehead atoms. The van der Waals surface area contributed by atoms with E-state index in [1.807, 2.05) is 11.3 Å². The topological polar surface area (TPSA) is 3.24 Å². The summed E-state index contributed by atoms with van der Waals surface area (Å²) in [7, 11) is 0. The van der Waals surface area contributed by atoms with Crippen LogP contribution in [0, 0.1) is 0 Å². The molecule has 3 heteroatoms. The highest BCUT2D eigenvalue weighted by atomic mass is 79.9. The Kier molecular flexibility index (Phi) is 5.89. The number of anilines is 3. The van der Waals surface area contributed by atoms with Gasteiger partial charge < -0.3 is 4.90 Å². The van der Waals surface area contributed by atoms with Crippen LogP contribution in [0.25, 0.3) is 42.4 Å². The van der Waals surface area contributed by atoms with Crippen molar-refractivity contribution in [2.24, 2.45) is 0 Å². The molecule has 0 saturated heterocycles. The zero-order chi connectivity index (χ0) is 28.4. The first-order valence-electron chi connectivity index (χ1n) is 14.3. The molecule has 42 heavy (non-hydrogen) atoms. The fourth-order valence-electron chi connectivity index (χ4n) is 6.75. The van der Waals surface area contributed by atoms with Crippen molar-refractivity contribution in [2.75, 3.05) is 4.90 Å². The van der Waals surface area contributed by atoms with Gasteiger partial charge in [-0.25, -0.2) is 0 Å². The van der Waals surface area contributed by atoms with Crippen LogP contribution in [0.1, 0.15) is 25.0 Å². The van der Waals surface area contributed by atoms with E-state index in [0.29, 0.717) is 0 Å². The smallest absolute Gasteiger partial charge is 0.0519 e.